The molecular formula is C13H18N2O3. The molecule has 0 saturated carbocycles. The summed E-state index contributed by atoms with van der Waals surface area (Å²) in [6.07, 6.45) is -0.692. The molecule has 0 fully saturated rings. The standard InChI is InChI=1S/C13H18N2O3/c1-13(2,3)8-4-5-9-10(6-8)17-7-11(18-9)12(16)15-14/h4-6,11H,7,14H2,1-3H3,(H,15,16). The first-order valence-corrected chi connectivity index (χ1v) is 5.86. The Kier molecular flexibility index (Phi) is 3.17. The summed E-state index contributed by atoms with van der Waals surface area (Å²) < 4.78 is 11.1. The Morgan fingerprint density at radius 2 is 2.11 bits per heavy atom. The summed E-state index contributed by atoms with van der Waals surface area (Å²) in [6.45, 7) is 6.55. The molecule has 0 radical (unpaired) electrons. The number of nitrogens with one attached hydrogen (secondary N) is 1. The number of hydrogen-bond acceptors (Lipinski definition) is 4. The van der Waals surface area contributed by atoms with E-state index in [2.05, 4.69) is 26.2 Å². The van der Waals surface area contributed by atoms with E-state index in [9.17, 15) is 4.79 Å². The first kappa shape index (κ1) is 12.7. The lowest BCUT2D eigenvalue weighted by Crippen LogP contribution is -2.46. The summed E-state index contributed by atoms with van der Waals surface area (Å²) in [4.78, 5) is 11.4. The van der Waals surface area contributed by atoms with Crippen molar-refractivity contribution >= 4 is 5.91 Å². The molecule has 5 nitrogen and oxygen atoms in total. The topological polar surface area (TPSA) is 73.6 Å². The van der Waals surface area contributed by atoms with Crippen molar-refractivity contribution < 1.29 is 14.3 Å². The number of fused-ring (bicyclic) bond motifs is 1. The molecule has 1 aromatic carbocycles. The first-order chi connectivity index (χ1) is 8.41. The van der Waals surface area contributed by atoms with Gasteiger partial charge in [0.1, 0.15) is 6.61 Å². The van der Waals surface area contributed by atoms with Crippen LogP contribution in [0.4, 0.5) is 0 Å². The molecule has 5 heteroatoms. The Balaban J connectivity index is 2.24. The van der Waals surface area contributed by atoms with Gasteiger partial charge < -0.3 is 9.47 Å². The maximum Gasteiger partial charge on any atom is 0.278 e. The maximum absolute atomic E-state index is 11.4. The van der Waals surface area contributed by atoms with Crippen LogP contribution in [-0.4, -0.2) is 18.6 Å². The second kappa shape index (κ2) is 4.49. The molecule has 3 N–H and O–H groups in total. The van der Waals surface area contributed by atoms with Gasteiger partial charge in [0.05, 0.1) is 0 Å². The molecule has 0 saturated heterocycles. The van der Waals surface area contributed by atoms with Crippen molar-refractivity contribution in [2.24, 2.45) is 5.84 Å². The van der Waals surface area contributed by atoms with E-state index in [0.29, 0.717) is 11.5 Å². The Morgan fingerprint density at radius 1 is 1.39 bits per heavy atom. The van der Waals surface area contributed by atoms with Crippen molar-refractivity contribution in [3.63, 3.8) is 0 Å². The van der Waals surface area contributed by atoms with Crippen LogP contribution in [0.15, 0.2) is 18.2 Å². The molecule has 0 aromatic heterocycles. The van der Waals surface area contributed by atoms with Gasteiger partial charge in [-0.25, -0.2) is 5.84 Å². The smallest absolute Gasteiger partial charge is 0.278 e. The van der Waals surface area contributed by atoms with Crippen LogP contribution in [-0.2, 0) is 10.2 Å². The van der Waals surface area contributed by atoms with Crippen LogP contribution in [0.3, 0.4) is 0 Å². The fraction of sp³-hybridized carbons (Fsp3) is 0.462. The van der Waals surface area contributed by atoms with Crippen LogP contribution in [0.1, 0.15) is 26.3 Å². The van der Waals surface area contributed by atoms with Crippen LogP contribution in [0, 0.1) is 0 Å². The molecule has 98 valence electrons. The predicted octanol–water partition coefficient (Wildman–Crippen LogP) is 1.11. The number of nitrogens with two attached hydrogens (primary N) is 1. The minimum atomic E-state index is -0.692. The molecule has 1 amide bonds. The van der Waals surface area contributed by atoms with Gasteiger partial charge in [-0.05, 0) is 23.1 Å². The summed E-state index contributed by atoms with van der Waals surface area (Å²) >= 11 is 0. The number of benzene rings is 1. The molecule has 1 aromatic rings. The lowest BCUT2D eigenvalue weighted by Gasteiger charge is -2.27. The summed E-state index contributed by atoms with van der Waals surface area (Å²) in [5.41, 5.74) is 3.26. The highest BCUT2D eigenvalue weighted by Gasteiger charge is 2.28. The average molecular weight is 250 g/mol. The van der Waals surface area contributed by atoms with Gasteiger partial charge in [0.2, 0.25) is 6.10 Å². The molecular weight excluding hydrogens is 232 g/mol. The van der Waals surface area contributed by atoms with E-state index >= 15 is 0 Å². The van der Waals surface area contributed by atoms with E-state index in [1.54, 1.807) is 0 Å². The highest BCUT2D eigenvalue weighted by Crippen LogP contribution is 2.36. The van der Waals surface area contributed by atoms with Crippen LogP contribution in [0.5, 0.6) is 11.5 Å². The molecule has 1 unspecified atom stereocenters. The molecule has 1 aliphatic rings. The molecule has 0 bridgehead atoms. The molecule has 0 spiro atoms. The fourth-order valence-electron chi connectivity index (χ4n) is 1.76. The maximum atomic E-state index is 11.4. The predicted molar refractivity (Wildman–Crippen MR) is 67.4 cm³/mol. The van der Waals surface area contributed by atoms with Gasteiger partial charge in [0.15, 0.2) is 11.5 Å². The minimum absolute atomic E-state index is 0.0455. The molecule has 1 atom stereocenters. The van der Waals surface area contributed by atoms with Crippen LogP contribution < -0.4 is 20.7 Å². The van der Waals surface area contributed by atoms with Crippen molar-refractivity contribution in [1.82, 2.24) is 5.43 Å². The SMILES string of the molecule is CC(C)(C)c1ccc2c(c1)OCC(C(=O)NN)O2. The number of carbonyl (C=O) groups excluding carboxylic acids is 1. The second-order valence-corrected chi connectivity index (χ2v) is 5.34. The average Bonchev–Trinajstić information content (AvgIpc) is 2.35. The van der Waals surface area contributed by atoms with Gasteiger partial charge in [-0.3, -0.25) is 10.2 Å². The third kappa shape index (κ3) is 2.41. The van der Waals surface area contributed by atoms with E-state index in [-0.39, 0.29) is 17.9 Å². The van der Waals surface area contributed by atoms with E-state index in [0.717, 1.165) is 5.56 Å². The fourth-order valence-corrected chi connectivity index (χ4v) is 1.76. The monoisotopic (exact) mass is 250 g/mol. The molecule has 18 heavy (non-hydrogen) atoms. The summed E-state index contributed by atoms with van der Waals surface area (Å²) in [5.74, 6) is 5.92. The van der Waals surface area contributed by atoms with Gasteiger partial charge in [0.25, 0.3) is 5.91 Å². The second-order valence-electron chi connectivity index (χ2n) is 5.34. The largest absolute Gasteiger partial charge is 0.485 e. The Hall–Kier alpha value is -1.75. The number of ether oxygens (including phenoxy) is 2. The Labute approximate surface area is 106 Å². The minimum Gasteiger partial charge on any atom is -0.485 e. The van der Waals surface area contributed by atoms with Crippen molar-refractivity contribution in [2.45, 2.75) is 32.3 Å². The van der Waals surface area contributed by atoms with Gasteiger partial charge in [0, 0.05) is 0 Å². The van der Waals surface area contributed by atoms with Gasteiger partial charge >= 0.3 is 0 Å². The Bertz CT molecular complexity index is 466. The number of hydrogen-bond donors (Lipinski definition) is 2. The summed E-state index contributed by atoms with van der Waals surface area (Å²) in [7, 11) is 0. The normalized spacial score (nSPS) is 18.3. The van der Waals surface area contributed by atoms with Crippen LogP contribution >= 0.6 is 0 Å². The molecule has 1 heterocycles. The lowest BCUT2D eigenvalue weighted by molar-refractivity contribution is -0.130. The number of carbonyl (C=O) groups is 1. The van der Waals surface area contributed by atoms with E-state index < -0.39 is 6.10 Å². The highest BCUT2D eigenvalue weighted by molar-refractivity contribution is 5.81. The number of amides is 1. The van der Waals surface area contributed by atoms with Gasteiger partial charge in [-0.2, -0.15) is 0 Å². The molecule has 1 aliphatic heterocycles. The summed E-state index contributed by atoms with van der Waals surface area (Å²) in [5, 5.41) is 0. The van der Waals surface area contributed by atoms with Crippen LogP contribution in [0.2, 0.25) is 0 Å². The molecule has 0 aliphatic carbocycles. The van der Waals surface area contributed by atoms with Gasteiger partial charge in [-0.15, -0.1) is 0 Å². The van der Waals surface area contributed by atoms with Crippen molar-refractivity contribution in [1.29, 1.82) is 0 Å². The quantitative estimate of drug-likeness (QED) is 0.445. The number of hydrazine groups is 1. The van der Waals surface area contributed by atoms with E-state index in [4.69, 9.17) is 15.3 Å². The van der Waals surface area contributed by atoms with Crippen LogP contribution in [0.25, 0.3) is 0 Å². The van der Waals surface area contributed by atoms with Crippen molar-refractivity contribution in [2.75, 3.05) is 6.61 Å². The summed E-state index contributed by atoms with van der Waals surface area (Å²) in [6, 6.07) is 5.75. The number of rotatable bonds is 1. The zero-order chi connectivity index (χ0) is 13.3. The third-order valence-corrected chi connectivity index (χ3v) is 2.90. The zero-order valence-corrected chi connectivity index (χ0v) is 10.8. The Morgan fingerprint density at radius 3 is 2.72 bits per heavy atom. The van der Waals surface area contributed by atoms with Crippen molar-refractivity contribution in [3.05, 3.63) is 23.8 Å². The molecule has 2 rings (SSSR count). The van der Waals surface area contributed by atoms with Crippen molar-refractivity contribution in [3.8, 4) is 11.5 Å². The zero-order valence-electron chi connectivity index (χ0n) is 10.8. The van der Waals surface area contributed by atoms with E-state index in [1.807, 2.05) is 18.2 Å². The van der Waals surface area contributed by atoms with E-state index in [1.165, 1.54) is 0 Å². The van der Waals surface area contributed by atoms with Gasteiger partial charge in [-0.1, -0.05) is 26.8 Å². The highest BCUT2D eigenvalue weighted by atomic mass is 16.6. The third-order valence-electron chi connectivity index (χ3n) is 2.90. The lowest BCUT2D eigenvalue weighted by atomic mass is 9.87. The first-order valence-electron chi connectivity index (χ1n) is 5.86.